The van der Waals surface area contributed by atoms with Gasteiger partial charge in [0.15, 0.2) is 5.60 Å². The molecule has 0 amide bonds. The highest BCUT2D eigenvalue weighted by atomic mass is 16.7. The van der Waals surface area contributed by atoms with Crippen LogP contribution in [0.1, 0.15) is 18.9 Å². The Kier molecular flexibility index (Phi) is 5.58. The Morgan fingerprint density at radius 1 is 1.19 bits per heavy atom. The van der Waals surface area contributed by atoms with Crippen LogP contribution in [0.25, 0.3) is 0 Å². The Labute approximate surface area is 125 Å². The van der Waals surface area contributed by atoms with Crippen LogP contribution in [0.4, 0.5) is 4.79 Å². The van der Waals surface area contributed by atoms with Gasteiger partial charge in [-0.1, -0.05) is 48.6 Å². The average molecular weight is 288 g/mol. The van der Waals surface area contributed by atoms with Crippen molar-refractivity contribution in [3.8, 4) is 0 Å². The molecule has 0 radical (unpaired) electrons. The van der Waals surface area contributed by atoms with Crippen LogP contribution >= 0.6 is 0 Å². The van der Waals surface area contributed by atoms with Crippen molar-refractivity contribution in [1.29, 1.82) is 0 Å². The number of rotatable bonds is 6. The second-order valence-electron chi connectivity index (χ2n) is 4.64. The minimum atomic E-state index is -0.793. The lowest BCUT2D eigenvalue weighted by atomic mass is 9.87. The number of carbonyl (C=O) groups excluding carboxylic acids is 1. The van der Waals surface area contributed by atoms with Crippen LogP contribution in [-0.4, -0.2) is 26.0 Å². The summed E-state index contributed by atoms with van der Waals surface area (Å²) < 4.78 is 15.8. The third-order valence-electron chi connectivity index (χ3n) is 3.21. The topological polar surface area (TPSA) is 44.8 Å². The van der Waals surface area contributed by atoms with E-state index in [0.29, 0.717) is 19.6 Å². The molecule has 4 heteroatoms. The summed E-state index contributed by atoms with van der Waals surface area (Å²) >= 11 is 0. The molecule has 112 valence electrons. The molecule has 1 aromatic carbocycles. The van der Waals surface area contributed by atoms with E-state index in [-0.39, 0.29) is 6.61 Å². The largest absolute Gasteiger partial charge is 0.509 e. The van der Waals surface area contributed by atoms with Crippen LogP contribution in [0, 0.1) is 0 Å². The van der Waals surface area contributed by atoms with Gasteiger partial charge in [-0.05, 0) is 18.6 Å². The Bertz CT molecular complexity index is 507. The molecule has 1 aromatic rings. The first-order valence-electron chi connectivity index (χ1n) is 7.10. The quantitative estimate of drug-likeness (QED) is 0.593. The third kappa shape index (κ3) is 4.20. The zero-order chi connectivity index (χ0) is 15.0. The number of hydrogen-bond acceptors (Lipinski definition) is 4. The number of allylic oxidation sites excluding steroid dienone is 2. The van der Waals surface area contributed by atoms with Gasteiger partial charge in [0.25, 0.3) is 0 Å². The first kappa shape index (κ1) is 15.3. The van der Waals surface area contributed by atoms with Crippen molar-refractivity contribution in [2.45, 2.75) is 18.9 Å². The number of carbonyl (C=O) groups is 1. The first-order valence-corrected chi connectivity index (χ1v) is 7.10. The highest BCUT2D eigenvalue weighted by molar-refractivity contribution is 5.61. The van der Waals surface area contributed by atoms with E-state index >= 15 is 0 Å². The minimum Gasteiger partial charge on any atom is -0.432 e. The van der Waals surface area contributed by atoms with Gasteiger partial charge in [0.1, 0.15) is 6.61 Å². The van der Waals surface area contributed by atoms with Crippen LogP contribution in [0.3, 0.4) is 0 Å². The van der Waals surface area contributed by atoms with E-state index in [0.717, 1.165) is 5.56 Å². The molecule has 0 saturated heterocycles. The van der Waals surface area contributed by atoms with Crippen LogP contribution in [0.5, 0.6) is 0 Å². The molecule has 1 atom stereocenters. The van der Waals surface area contributed by atoms with Crippen molar-refractivity contribution in [3.05, 3.63) is 60.2 Å². The van der Waals surface area contributed by atoms with Gasteiger partial charge in [0.2, 0.25) is 0 Å². The number of hydrogen-bond donors (Lipinski definition) is 0. The molecule has 2 rings (SSSR count). The van der Waals surface area contributed by atoms with E-state index in [2.05, 4.69) is 0 Å². The summed E-state index contributed by atoms with van der Waals surface area (Å²) in [7, 11) is 0. The maximum Gasteiger partial charge on any atom is 0.509 e. The second-order valence-corrected chi connectivity index (χ2v) is 4.64. The Morgan fingerprint density at radius 2 is 2.00 bits per heavy atom. The molecule has 1 aliphatic carbocycles. The maximum atomic E-state index is 11.9. The van der Waals surface area contributed by atoms with Gasteiger partial charge in [-0.3, -0.25) is 0 Å². The average Bonchev–Trinajstić information content (AvgIpc) is 2.53. The smallest absolute Gasteiger partial charge is 0.432 e. The molecule has 21 heavy (non-hydrogen) atoms. The number of benzene rings is 1. The lowest BCUT2D eigenvalue weighted by Crippen LogP contribution is -2.31. The lowest BCUT2D eigenvalue weighted by Gasteiger charge is -2.31. The zero-order valence-electron chi connectivity index (χ0n) is 12.2. The Balaban J connectivity index is 2.03. The van der Waals surface area contributed by atoms with Crippen LogP contribution in [-0.2, 0) is 19.8 Å². The number of ether oxygens (including phenoxy) is 3. The van der Waals surface area contributed by atoms with E-state index in [9.17, 15) is 4.79 Å². The third-order valence-corrected chi connectivity index (χ3v) is 3.21. The molecular formula is C17H20O4. The van der Waals surface area contributed by atoms with E-state index in [1.807, 2.05) is 61.6 Å². The summed E-state index contributed by atoms with van der Waals surface area (Å²) in [5.74, 6) is 0. The van der Waals surface area contributed by atoms with Gasteiger partial charge >= 0.3 is 6.16 Å². The summed E-state index contributed by atoms with van der Waals surface area (Å²) in [6.45, 7) is 3.05. The molecule has 0 N–H and O–H groups in total. The summed E-state index contributed by atoms with van der Waals surface area (Å²) in [6, 6.07) is 9.66. The minimum absolute atomic E-state index is 0.192. The SMILES string of the molecule is CCOCCOC(=O)OC1(c2ccccc2)C=CC=CC1. The molecule has 0 aliphatic heterocycles. The predicted octanol–water partition coefficient (Wildman–Crippen LogP) is 3.59. The van der Waals surface area contributed by atoms with Gasteiger partial charge in [-0.2, -0.15) is 0 Å². The summed E-state index contributed by atoms with van der Waals surface area (Å²) in [5, 5.41) is 0. The van der Waals surface area contributed by atoms with Crippen molar-refractivity contribution in [2.24, 2.45) is 0 Å². The van der Waals surface area contributed by atoms with Crippen LogP contribution in [0.15, 0.2) is 54.6 Å². The molecule has 0 aromatic heterocycles. The molecule has 0 bridgehead atoms. The fraction of sp³-hybridized carbons (Fsp3) is 0.353. The van der Waals surface area contributed by atoms with Crippen molar-refractivity contribution < 1.29 is 19.0 Å². The molecule has 1 aliphatic rings. The van der Waals surface area contributed by atoms with Gasteiger partial charge in [-0.15, -0.1) is 0 Å². The zero-order valence-corrected chi connectivity index (χ0v) is 12.2. The van der Waals surface area contributed by atoms with E-state index < -0.39 is 11.8 Å². The predicted molar refractivity (Wildman–Crippen MR) is 79.9 cm³/mol. The first-order chi connectivity index (χ1) is 10.3. The molecular weight excluding hydrogens is 268 g/mol. The van der Waals surface area contributed by atoms with E-state index in [4.69, 9.17) is 14.2 Å². The van der Waals surface area contributed by atoms with Gasteiger partial charge in [-0.25, -0.2) is 4.79 Å². The monoisotopic (exact) mass is 288 g/mol. The Morgan fingerprint density at radius 3 is 2.67 bits per heavy atom. The maximum absolute atomic E-state index is 11.9. The Hall–Kier alpha value is -2.07. The molecule has 0 saturated carbocycles. The fourth-order valence-corrected chi connectivity index (χ4v) is 2.18. The van der Waals surface area contributed by atoms with Crippen LogP contribution in [0.2, 0.25) is 0 Å². The highest BCUT2D eigenvalue weighted by Crippen LogP contribution is 2.34. The highest BCUT2D eigenvalue weighted by Gasteiger charge is 2.34. The summed E-state index contributed by atoms with van der Waals surface area (Å²) in [6.07, 6.45) is 7.58. The fourth-order valence-electron chi connectivity index (χ4n) is 2.18. The van der Waals surface area contributed by atoms with E-state index in [1.54, 1.807) is 0 Å². The summed E-state index contributed by atoms with van der Waals surface area (Å²) in [4.78, 5) is 11.9. The van der Waals surface area contributed by atoms with Crippen molar-refractivity contribution in [1.82, 2.24) is 0 Å². The lowest BCUT2D eigenvalue weighted by molar-refractivity contribution is -0.0226. The summed E-state index contributed by atoms with van der Waals surface area (Å²) in [5.41, 5.74) is 0.131. The van der Waals surface area contributed by atoms with Gasteiger partial charge < -0.3 is 14.2 Å². The second kappa shape index (κ2) is 7.64. The molecule has 0 spiro atoms. The van der Waals surface area contributed by atoms with E-state index in [1.165, 1.54) is 0 Å². The molecule has 0 fully saturated rings. The molecule has 1 unspecified atom stereocenters. The normalized spacial score (nSPS) is 20.2. The van der Waals surface area contributed by atoms with Crippen LogP contribution < -0.4 is 0 Å². The van der Waals surface area contributed by atoms with Gasteiger partial charge in [0.05, 0.1) is 6.61 Å². The molecule has 4 nitrogen and oxygen atoms in total. The van der Waals surface area contributed by atoms with Crippen molar-refractivity contribution in [2.75, 3.05) is 19.8 Å². The van der Waals surface area contributed by atoms with Crippen molar-refractivity contribution >= 4 is 6.16 Å². The standard InChI is InChI=1S/C17H20O4/c1-2-19-13-14-20-16(18)21-17(11-7-4-8-12-17)15-9-5-3-6-10-15/h3-11H,2,12-14H2,1H3. The van der Waals surface area contributed by atoms with Gasteiger partial charge in [0, 0.05) is 13.0 Å². The van der Waals surface area contributed by atoms with Crippen molar-refractivity contribution in [3.63, 3.8) is 0 Å². The molecule has 0 heterocycles.